The highest BCUT2D eigenvalue weighted by molar-refractivity contribution is 5.59. The Kier molecular flexibility index (Phi) is 0.717. The van der Waals surface area contributed by atoms with E-state index in [2.05, 4.69) is 20.2 Å². The maximum absolute atomic E-state index is 4.77. The molecule has 0 atom stereocenters. The minimum atomic E-state index is 0.373. The van der Waals surface area contributed by atoms with Crippen LogP contribution in [-0.4, -0.2) is 20.2 Å². The zero-order valence-electron chi connectivity index (χ0n) is 4.35. The Morgan fingerprint density at radius 2 is 2.33 bits per heavy atom. The Morgan fingerprint density at radius 1 is 1.33 bits per heavy atom. The van der Waals surface area contributed by atoms with Gasteiger partial charge < -0.3 is 4.42 Å². The van der Waals surface area contributed by atoms with Crippen molar-refractivity contribution in [2.24, 2.45) is 0 Å². The first kappa shape index (κ1) is 4.37. The Labute approximate surface area is 49.8 Å². The first-order valence-electron chi connectivity index (χ1n) is 2.34. The summed E-state index contributed by atoms with van der Waals surface area (Å²) in [6, 6.07) is 0. The summed E-state index contributed by atoms with van der Waals surface area (Å²) in [6.45, 7) is 0. The number of hydrogen-bond acceptors (Lipinski definition) is 5. The number of oxazole rings is 1. The van der Waals surface area contributed by atoms with E-state index in [0.717, 1.165) is 0 Å². The summed E-state index contributed by atoms with van der Waals surface area (Å²) < 4.78 is 4.77. The van der Waals surface area contributed by atoms with E-state index in [9.17, 15) is 0 Å². The molecule has 0 N–H and O–H groups in total. The molecule has 0 spiro atoms. The van der Waals surface area contributed by atoms with Crippen molar-refractivity contribution in [2.45, 2.75) is 0 Å². The molecule has 2 aromatic rings. The number of hydrogen-bond donors (Lipinski definition) is 0. The minimum absolute atomic E-state index is 0.373. The van der Waals surface area contributed by atoms with Gasteiger partial charge in [0.15, 0.2) is 6.39 Å². The Bertz CT molecular complexity index is 287. The third-order valence-corrected chi connectivity index (χ3v) is 0.911. The highest BCUT2D eigenvalue weighted by atomic mass is 16.3. The molecule has 2 aromatic heterocycles. The molecule has 0 aliphatic carbocycles. The molecule has 0 saturated heterocycles. The van der Waals surface area contributed by atoms with Gasteiger partial charge in [-0.15, -0.1) is 10.2 Å². The minimum Gasteiger partial charge on any atom is -0.423 e. The molecule has 0 fully saturated rings. The summed E-state index contributed by atoms with van der Waals surface area (Å²) in [4.78, 5) is 7.50. The lowest BCUT2D eigenvalue weighted by atomic mass is 10.8. The summed E-state index contributed by atoms with van der Waals surface area (Å²) >= 11 is 0. The van der Waals surface area contributed by atoms with Crippen LogP contribution in [0.5, 0.6) is 0 Å². The molecule has 2 rings (SSSR count). The third-order valence-electron chi connectivity index (χ3n) is 0.911. The first-order valence-corrected chi connectivity index (χ1v) is 2.34. The van der Waals surface area contributed by atoms with Crippen LogP contribution in [-0.2, 0) is 0 Å². The average molecular weight is 122 g/mol. The molecule has 0 amide bonds. The second-order valence-electron chi connectivity index (χ2n) is 1.44. The molecule has 0 unspecified atom stereocenters. The van der Waals surface area contributed by atoms with Crippen LogP contribution in [0.2, 0.25) is 0 Å². The molecule has 0 aromatic carbocycles. The van der Waals surface area contributed by atoms with Gasteiger partial charge in [-0.2, -0.15) is 4.98 Å². The summed E-state index contributed by atoms with van der Waals surface area (Å²) in [6.07, 6.45) is 2.61. The largest absolute Gasteiger partial charge is 0.423 e. The number of aromatic nitrogens is 4. The normalized spacial score (nSPS) is 10.2. The monoisotopic (exact) mass is 122 g/mol. The van der Waals surface area contributed by atoms with Gasteiger partial charge in [0.2, 0.25) is 5.65 Å². The second kappa shape index (κ2) is 1.48. The summed E-state index contributed by atoms with van der Waals surface area (Å²) in [7, 11) is 0. The van der Waals surface area contributed by atoms with Gasteiger partial charge in [0, 0.05) is 0 Å². The van der Waals surface area contributed by atoms with E-state index < -0.39 is 0 Å². The Balaban J connectivity index is 2.95. The fourth-order valence-corrected chi connectivity index (χ4v) is 0.550. The summed E-state index contributed by atoms with van der Waals surface area (Å²) in [5.74, 6) is 0. The van der Waals surface area contributed by atoms with Crippen LogP contribution < -0.4 is 0 Å². The van der Waals surface area contributed by atoms with Crippen molar-refractivity contribution in [2.75, 3.05) is 0 Å². The molecule has 2 heterocycles. The van der Waals surface area contributed by atoms with Gasteiger partial charge in [0.25, 0.3) is 5.71 Å². The Morgan fingerprint density at radius 3 is 3.22 bits per heavy atom. The van der Waals surface area contributed by atoms with Gasteiger partial charge in [-0.25, -0.2) is 4.98 Å². The van der Waals surface area contributed by atoms with Crippen LogP contribution in [0.4, 0.5) is 0 Å². The third kappa shape index (κ3) is 0.543. The second-order valence-corrected chi connectivity index (χ2v) is 1.44. The molecular weight excluding hydrogens is 120 g/mol. The van der Waals surface area contributed by atoms with Crippen molar-refractivity contribution in [1.82, 2.24) is 20.2 Å². The van der Waals surface area contributed by atoms with Crippen LogP contribution >= 0.6 is 0 Å². The zero-order valence-corrected chi connectivity index (χ0v) is 4.35. The highest BCUT2D eigenvalue weighted by Gasteiger charge is 1.96. The molecular formula is C4H2N4O. The van der Waals surface area contributed by atoms with E-state index in [1.54, 1.807) is 0 Å². The molecule has 0 aliphatic rings. The van der Waals surface area contributed by atoms with Crippen molar-refractivity contribution < 1.29 is 4.42 Å². The molecule has 0 radical (unpaired) electrons. The van der Waals surface area contributed by atoms with Crippen LogP contribution in [0, 0.1) is 0 Å². The van der Waals surface area contributed by atoms with E-state index in [4.69, 9.17) is 4.42 Å². The molecule has 5 heteroatoms. The Hall–Kier alpha value is -1.52. The van der Waals surface area contributed by atoms with E-state index in [-0.39, 0.29) is 0 Å². The van der Waals surface area contributed by atoms with Crippen LogP contribution in [0.3, 0.4) is 0 Å². The zero-order chi connectivity index (χ0) is 6.10. The first-order chi connectivity index (χ1) is 4.47. The van der Waals surface area contributed by atoms with Gasteiger partial charge >= 0.3 is 0 Å². The van der Waals surface area contributed by atoms with Gasteiger partial charge in [-0.05, 0) is 0 Å². The lowest BCUT2D eigenvalue weighted by Gasteiger charge is -1.76. The maximum Gasteiger partial charge on any atom is 0.285 e. The molecule has 0 aliphatic heterocycles. The molecule has 0 saturated carbocycles. The predicted octanol–water partition coefficient (Wildman–Crippen LogP) is 0.0128. The fraction of sp³-hybridized carbons (Fsp3) is 0. The van der Waals surface area contributed by atoms with Crippen LogP contribution in [0.1, 0.15) is 0 Å². The molecule has 0 bridgehead atoms. The van der Waals surface area contributed by atoms with Crippen molar-refractivity contribution in [3.8, 4) is 0 Å². The highest BCUT2D eigenvalue weighted by Crippen LogP contribution is 2.00. The molecule has 44 valence electrons. The van der Waals surface area contributed by atoms with Gasteiger partial charge in [0.05, 0.1) is 0 Å². The van der Waals surface area contributed by atoms with E-state index in [0.29, 0.717) is 11.4 Å². The average Bonchev–Trinajstić information content (AvgIpc) is 2.33. The van der Waals surface area contributed by atoms with E-state index in [1.165, 1.54) is 12.7 Å². The lowest BCUT2D eigenvalue weighted by Crippen LogP contribution is -1.82. The van der Waals surface area contributed by atoms with E-state index >= 15 is 0 Å². The predicted molar refractivity (Wildman–Crippen MR) is 27.4 cm³/mol. The van der Waals surface area contributed by atoms with Crippen molar-refractivity contribution in [3.63, 3.8) is 0 Å². The van der Waals surface area contributed by atoms with Gasteiger partial charge in [-0.3, -0.25) is 0 Å². The van der Waals surface area contributed by atoms with Gasteiger partial charge in [-0.1, -0.05) is 0 Å². The fourth-order valence-electron chi connectivity index (χ4n) is 0.550. The quantitative estimate of drug-likeness (QED) is 0.492. The van der Waals surface area contributed by atoms with Crippen molar-refractivity contribution >= 4 is 11.4 Å². The summed E-state index contributed by atoms with van der Waals surface area (Å²) in [5.41, 5.74) is 0.863. The smallest absolute Gasteiger partial charge is 0.285 e. The van der Waals surface area contributed by atoms with Crippen LogP contribution in [0.25, 0.3) is 11.4 Å². The molecule has 9 heavy (non-hydrogen) atoms. The van der Waals surface area contributed by atoms with E-state index in [1.807, 2.05) is 0 Å². The molecule has 5 nitrogen and oxygen atoms in total. The topological polar surface area (TPSA) is 64.7 Å². The number of nitrogens with zero attached hydrogens (tertiary/aromatic N) is 4. The van der Waals surface area contributed by atoms with Crippen LogP contribution in [0.15, 0.2) is 17.1 Å². The standard InChI is InChI=1S/C4H2N4O/c1-5-3-4(8-7-1)9-2-6-3/h1-2H. The van der Waals surface area contributed by atoms with Crippen molar-refractivity contribution in [1.29, 1.82) is 0 Å². The SMILES string of the molecule is c1nnc2ocnc2n1. The lowest BCUT2D eigenvalue weighted by molar-refractivity contribution is 0.584. The maximum atomic E-state index is 4.77. The van der Waals surface area contributed by atoms with Crippen molar-refractivity contribution in [3.05, 3.63) is 12.7 Å². The number of rotatable bonds is 0. The van der Waals surface area contributed by atoms with Gasteiger partial charge in [0.1, 0.15) is 6.33 Å². The summed E-state index contributed by atoms with van der Waals surface area (Å²) in [5, 5.41) is 7.09. The number of fused-ring (bicyclic) bond motifs is 1.